The summed E-state index contributed by atoms with van der Waals surface area (Å²) in [5, 5.41) is 11.2. The van der Waals surface area contributed by atoms with Gasteiger partial charge in [-0.3, -0.25) is 4.79 Å². The predicted octanol–water partition coefficient (Wildman–Crippen LogP) is 3.36. The van der Waals surface area contributed by atoms with E-state index in [9.17, 15) is 18.4 Å². The third kappa shape index (κ3) is 6.95. The number of nitriles is 1. The van der Waals surface area contributed by atoms with Crippen LogP contribution in [-0.4, -0.2) is 32.2 Å². The van der Waals surface area contributed by atoms with Gasteiger partial charge in [-0.15, -0.1) is 0 Å². The number of hydrogen-bond donors (Lipinski definition) is 1. The summed E-state index contributed by atoms with van der Waals surface area (Å²) in [5.41, 5.74) is 1.38. The topological polar surface area (TPSA) is 97.6 Å². The molecule has 9 heteroatoms. The lowest BCUT2D eigenvalue weighted by Gasteiger charge is -2.10. The van der Waals surface area contributed by atoms with E-state index >= 15 is 0 Å². The van der Waals surface area contributed by atoms with Crippen molar-refractivity contribution in [1.82, 2.24) is 0 Å². The zero-order valence-electron chi connectivity index (χ0n) is 15.2. The summed E-state index contributed by atoms with van der Waals surface area (Å²) in [6.45, 7) is -3.50. The van der Waals surface area contributed by atoms with Crippen molar-refractivity contribution in [2.75, 3.05) is 19.0 Å². The quantitative estimate of drug-likeness (QED) is 0.537. The van der Waals surface area contributed by atoms with Gasteiger partial charge in [0.1, 0.15) is 0 Å². The second kappa shape index (κ2) is 10.4. The maximum absolute atomic E-state index is 12.3. The summed E-state index contributed by atoms with van der Waals surface area (Å²) < 4.78 is 38.7. The number of methoxy groups -OCH3 is 1. The summed E-state index contributed by atoms with van der Waals surface area (Å²) in [7, 11) is 1.29. The normalized spacial score (nSPS) is 10.4. The van der Waals surface area contributed by atoms with Gasteiger partial charge in [0.25, 0.3) is 5.91 Å². The van der Waals surface area contributed by atoms with E-state index < -0.39 is 25.1 Å². The molecule has 0 aliphatic carbocycles. The Morgan fingerprint density at radius 2 is 1.90 bits per heavy atom. The summed E-state index contributed by atoms with van der Waals surface area (Å²) in [4.78, 5) is 23.5. The molecule has 0 fully saturated rings. The smallest absolute Gasteiger partial charge is 0.387 e. The summed E-state index contributed by atoms with van der Waals surface area (Å²) >= 11 is 0. The van der Waals surface area contributed by atoms with Crippen LogP contribution < -0.4 is 14.8 Å². The number of benzene rings is 2. The van der Waals surface area contributed by atoms with Crippen molar-refractivity contribution in [3.05, 3.63) is 59.7 Å². The molecule has 2 rings (SSSR count). The Labute approximate surface area is 165 Å². The monoisotopic (exact) mass is 402 g/mol. The third-order valence-corrected chi connectivity index (χ3v) is 3.46. The number of amides is 1. The lowest BCUT2D eigenvalue weighted by Crippen LogP contribution is -2.20. The number of anilines is 1. The van der Waals surface area contributed by atoms with Crippen LogP contribution in [0.25, 0.3) is 6.08 Å². The highest BCUT2D eigenvalue weighted by Crippen LogP contribution is 2.29. The number of nitrogens with zero attached hydrogens (tertiary/aromatic N) is 1. The molecule has 0 aliphatic heterocycles. The van der Waals surface area contributed by atoms with Crippen LogP contribution in [-0.2, 0) is 14.3 Å². The molecule has 7 nitrogen and oxygen atoms in total. The van der Waals surface area contributed by atoms with Crippen molar-refractivity contribution in [3.63, 3.8) is 0 Å². The Morgan fingerprint density at radius 3 is 2.52 bits per heavy atom. The van der Waals surface area contributed by atoms with Gasteiger partial charge in [0.2, 0.25) is 0 Å². The van der Waals surface area contributed by atoms with Gasteiger partial charge in [-0.05, 0) is 48.0 Å². The number of ether oxygens (including phenoxy) is 3. The highest BCUT2D eigenvalue weighted by molar-refractivity contribution is 5.94. The second-order valence-corrected chi connectivity index (χ2v) is 5.47. The molecule has 2 aromatic rings. The fourth-order valence-corrected chi connectivity index (χ4v) is 2.16. The average Bonchev–Trinajstić information content (AvgIpc) is 2.71. The van der Waals surface area contributed by atoms with Crippen LogP contribution in [0.5, 0.6) is 11.5 Å². The minimum Gasteiger partial charge on any atom is -0.493 e. The molecule has 2 aromatic carbocycles. The van der Waals surface area contributed by atoms with Crippen LogP contribution in [0.2, 0.25) is 0 Å². The number of nitrogens with one attached hydrogen (secondary N) is 1. The zero-order valence-corrected chi connectivity index (χ0v) is 15.2. The van der Waals surface area contributed by atoms with Crippen LogP contribution >= 0.6 is 0 Å². The molecule has 0 atom stereocenters. The Kier molecular flexibility index (Phi) is 7.68. The second-order valence-electron chi connectivity index (χ2n) is 5.47. The van der Waals surface area contributed by atoms with E-state index in [2.05, 4.69) is 10.1 Å². The number of carbonyl (C=O) groups excluding carboxylic acids is 2. The van der Waals surface area contributed by atoms with Gasteiger partial charge in [-0.2, -0.15) is 14.0 Å². The van der Waals surface area contributed by atoms with Crippen LogP contribution in [0, 0.1) is 11.3 Å². The van der Waals surface area contributed by atoms with Crippen LogP contribution in [0.15, 0.2) is 48.5 Å². The molecule has 0 radical (unpaired) electrons. The van der Waals surface area contributed by atoms with E-state index in [1.165, 1.54) is 43.5 Å². The molecule has 0 unspecified atom stereocenters. The van der Waals surface area contributed by atoms with E-state index in [4.69, 9.17) is 14.7 Å². The maximum Gasteiger partial charge on any atom is 0.387 e. The fourth-order valence-electron chi connectivity index (χ4n) is 2.16. The largest absolute Gasteiger partial charge is 0.493 e. The summed E-state index contributed by atoms with van der Waals surface area (Å²) in [6.07, 6.45) is 2.45. The minimum absolute atomic E-state index is 0.0719. The van der Waals surface area contributed by atoms with Crippen LogP contribution in [0.3, 0.4) is 0 Å². The predicted molar refractivity (Wildman–Crippen MR) is 99.4 cm³/mol. The molecule has 0 bridgehead atoms. The van der Waals surface area contributed by atoms with Gasteiger partial charge >= 0.3 is 12.6 Å². The lowest BCUT2D eigenvalue weighted by molar-refractivity contribution is -0.142. The molecule has 150 valence electrons. The van der Waals surface area contributed by atoms with Crippen molar-refractivity contribution < 1.29 is 32.6 Å². The number of alkyl halides is 2. The number of esters is 1. The van der Waals surface area contributed by atoms with Crippen molar-refractivity contribution in [2.45, 2.75) is 6.61 Å². The van der Waals surface area contributed by atoms with E-state index in [-0.39, 0.29) is 11.5 Å². The van der Waals surface area contributed by atoms with Crippen molar-refractivity contribution in [1.29, 1.82) is 5.26 Å². The first-order valence-electron chi connectivity index (χ1n) is 8.19. The van der Waals surface area contributed by atoms with Gasteiger partial charge in [0.15, 0.2) is 18.1 Å². The molecular formula is C20H16F2N2O5. The van der Waals surface area contributed by atoms with Gasteiger partial charge in [-0.25, -0.2) is 4.79 Å². The van der Waals surface area contributed by atoms with E-state index in [1.807, 2.05) is 6.07 Å². The highest BCUT2D eigenvalue weighted by Gasteiger charge is 2.11. The van der Waals surface area contributed by atoms with Gasteiger partial charge < -0.3 is 19.5 Å². The first-order valence-corrected chi connectivity index (χ1v) is 8.19. The Bertz CT molecular complexity index is 937. The van der Waals surface area contributed by atoms with Gasteiger partial charge in [-0.1, -0.05) is 6.07 Å². The summed E-state index contributed by atoms with van der Waals surface area (Å²) in [6, 6.07) is 12.3. The molecule has 0 heterocycles. The number of hydrogen-bond acceptors (Lipinski definition) is 6. The average molecular weight is 402 g/mol. The van der Waals surface area contributed by atoms with Gasteiger partial charge in [0.05, 0.1) is 18.7 Å². The first kappa shape index (κ1) is 21.4. The molecule has 0 saturated carbocycles. The van der Waals surface area contributed by atoms with E-state index in [0.717, 1.165) is 6.08 Å². The standard InChI is InChI=1S/C20H16F2N2O5/c1-27-17-10-13(4-8-16(17)29-20(21)22)5-9-19(26)28-12-18(25)24-15-6-2-14(11-23)3-7-15/h2-10,20H,12H2,1H3,(H,24,25)/b9-5+. The minimum atomic E-state index is -2.99. The Hall–Kier alpha value is -3.93. The van der Waals surface area contributed by atoms with Crippen LogP contribution in [0.4, 0.5) is 14.5 Å². The highest BCUT2D eigenvalue weighted by atomic mass is 19.3. The lowest BCUT2D eigenvalue weighted by atomic mass is 10.2. The third-order valence-electron chi connectivity index (χ3n) is 3.46. The van der Waals surface area contributed by atoms with Crippen molar-refractivity contribution >= 4 is 23.6 Å². The van der Waals surface area contributed by atoms with Crippen molar-refractivity contribution in [3.8, 4) is 17.6 Å². The number of carbonyl (C=O) groups is 2. The molecule has 0 aliphatic rings. The Morgan fingerprint density at radius 1 is 1.17 bits per heavy atom. The van der Waals surface area contributed by atoms with Crippen molar-refractivity contribution in [2.24, 2.45) is 0 Å². The zero-order chi connectivity index (χ0) is 21.2. The molecule has 0 aromatic heterocycles. The molecule has 0 saturated heterocycles. The van der Waals surface area contributed by atoms with Crippen LogP contribution in [0.1, 0.15) is 11.1 Å². The molecule has 1 amide bonds. The molecule has 1 N–H and O–H groups in total. The maximum atomic E-state index is 12.3. The number of halogens is 2. The first-order chi connectivity index (χ1) is 13.9. The SMILES string of the molecule is COc1cc(/C=C/C(=O)OCC(=O)Nc2ccc(C#N)cc2)ccc1OC(F)F. The van der Waals surface area contributed by atoms with E-state index in [0.29, 0.717) is 16.8 Å². The molecule has 29 heavy (non-hydrogen) atoms. The van der Waals surface area contributed by atoms with Gasteiger partial charge in [0, 0.05) is 11.8 Å². The summed E-state index contributed by atoms with van der Waals surface area (Å²) in [5.74, 6) is -1.39. The van der Waals surface area contributed by atoms with E-state index in [1.54, 1.807) is 12.1 Å². The Balaban J connectivity index is 1.87. The number of rotatable bonds is 8. The molecular weight excluding hydrogens is 386 g/mol. The fraction of sp³-hybridized carbons (Fsp3) is 0.150. The molecule has 0 spiro atoms.